The first kappa shape index (κ1) is 13.6. The Bertz CT molecular complexity index is 541. The van der Waals surface area contributed by atoms with Crippen LogP contribution in [0.15, 0.2) is 34.7 Å². The van der Waals surface area contributed by atoms with Crippen molar-refractivity contribution in [3.63, 3.8) is 0 Å². The highest BCUT2D eigenvalue weighted by molar-refractivity contribution is 5.82. The summed E-state index contributed by atoms with van der Waals surface area (Å²) in [5.41, 5.74) is 6.52. The van der Waals surface area contributed by atoms with E-state index in [2.05, 4.69) is 0 Å². The number of carbonyl (C=O) groups is 1. The van der Waals surface area contributed by atoms with Gasteiger partial charge in [0.05, 0.1) is 12.1 Å². The van der Waals surface area contributed by atoms with Crippen LogP contribution in [0.1, 0.15) is 32.6 Å². The Morgan fingerprint density at radius 1 is 1.37 bits per heavy atom. The van der Waals surface area contributed by atoms with Crippen LogP contribution in [-0.2, 0) is 4.79 Å². The number of furan rings is 1. The standard InChI is InChI=1S/C15H20N2O2/c1-4-17(15(18)10(2)16)11(3)14-9-12-7-5-6-8-13(12)19-14/h5-11H,4,16H2,1-3H3/t10-,11?/m0/s1. The first-order valence-corrected chi connectivity index (χ1v) is 6.59. The van der Waals surface area contributed by atoms with Crippen molar-refractivity contribution in [2.75, 3.05) is 6.54 Å². The maximum Gasteiger partial charge on any atom is 0.239 e. The lowest BCUT2D eigenvalue weighted by molar-refractivity contribution is -0.134. The van der Waals surface area contributed by atoms with E-state index >= 15 is 0 Å². The quantitative estimate of drug-likeness (QED) is 0.919. The second-order valence-corrected chi connectivity index (χ2v) is 4.78. The van der Waals surface area contributed by atoms with Crippen molar-refractivity contribution in [2.24, 2.45) is 5.73 Å². The molecule has 0 aliphatic rings. The number of nitrogens with zero attached hydrogens (tertiary/aromatic N) is 1. The molecular formula is C15H20N2O2. The van der Waals surface area contributed by atoms with Crippen molar-refractivity contribution >= 4 is 16.9 Å². The largest absolute Gasteiger partial charge is 0.459 e. The smallest absolute Gasteiger partial charge is 0.239 e. The second-order valence-electron chi connectivity index (χ2n) is 4.78. The number of benzene rings is 1. The van der Waals surface area contributed by atoms with Gasteiger partial charge in [-0.3, -0.25) is 4.79 Å². The Morgan fingerprint density at radius 3 is 2.63 bits per heavy atom. The summed E-state index contributed by atoms with van der Waals surface area (Å²) in [5.74, 6) is 0.729. The molecule has 4 nitrogen and oxygen atoms in total. The van der Waals surface area contributed by atoms with E-state index in [-0.39, 0.29) is 11.9 Å². The molecule has 0 spiro atoms. The minimum atomic E-state index is -0.494. The highest BCUT2D eigenvalue weighted by atomic mass is 16.3. The topological polar surface area (TPSA) is 59.5 Å². The zero-order valence-corrected chi connectivity index (χ0v) is 11.6. The van der Waals surface area contributed by atoms with Gasteiger partial charge < -0.3 is 15.1 Å². The van der Waals surface area contributed by atoms with Gasteiger partial charge in [0.25, 0.3) is 0 Å². The Balaban J connectivity index is 2.31. The van der Waals surface area contributed by atoms with Gasteiger partial charge in [-0.05, 0) is 32.9 Å². The van der Waals surface area contributed by atoms with Crippen molar-refractivity contribution in [1.29, 1.82) is 0 Å². The molecule has 1 heterocycles. The number of amides is 1. The van der Waals surface area contributed by atoms with E-state index in [0.29, 0.717) is 6.54 Å². The Hall–Kier alpha value is -1.81. The van der Waals surface area contributed by atoms with Crippen molar-refractivity contribution in [1.82, 2.24) is 4.90 Å². The van der Waals surface area contributed by atoms with Crippen LogP contribution in [0.2, 0.25) is 0 Å². The number of hydrogen-bond donors (Lipinski definition) is 1. The summed E-state index contributed by atoms with van der Waals surface area (Å²) >= 11 is 0. The summed E-state index contributed by atoms with van der Waals surface area (Å²) in [6.07, 6.45) is 0. The number of likely N-dealkylation sites (N-methyl/N-ethyl adjacent to an activating group) is 1. The number of rotatable bonds is 4. The first-order valence-electron chi connectivity index (χ1n) is 6.59. The average Bonchev–Trinajstić information content (AvgIpc) is 2.82. The predicted octanol–water partition coefficient (Wildman–Crippen LogP) is 2.69. The fourth-order valence-corrected chi connectivity index (χ4v) is 2.24. The molecule has 1 unspecified atom stereocenters. The van der Waals surface area contributed by atoms with E-state index in [1.807, 2.05) is 44.2 Å². The SMILES string of the molecule is CCN(C(=O)[C@H](C)N)C(C)c1cc2ccccc2o1. The van der Waals surface area contributed by atoms with Crippen molar-refractivity contribution in [3.05, 3.63) is 36.1 Å². The van der Waals surface area contributed by atoms with Crippen LogP contribution in [0.4, 0.5) is 0 Å². The molecule has 0 radical (unpaired) electrons. The third-order valence-electron chi connectivity index (χ3n) is 3.34. The van der Waals surface area contributed by atoms with E-state index in [0.717, 1.165) is 16.7 Å². The molecule has 2 aromatic rings. The maximum absolute atomic E-state index is 12.1. The van der Waals surface area contributed by atoms with Gasteiger partial charge in [0.15, 0.2) is 0 Å². The highest BCUT2D eigenvalue weighted by Crippen LogP contribution is 2.27. The van der Waals surface area contributed by atoms with Crippen molar-refractivity contribution in [3.8, 4) is 0 Å². The molecule has 0 bridgehead atoms. The minimum absolute atomic E-state index is 0.0598. The van der Waals surface area contributed by atoms with Crippen LogP contribution < -0.4 is 5.73 Å². The van der Waals surface area contributed by atoms with Gasteiger partial charge in [0.2, 0.25) is 5.91 Å². The minimum Gasteiger partial charge on any atom is -0.459 e. The van der Waals surface area contributed by atoms with Gasteiger partial charge >= 0.3 is 0 Å². The zero-order valence-electron chi connectivity index (χ0n) is 11.6. The fraction of sp³-hybridized carbons (Fsp3) is 0.400. The highest BCUT2D eigenvalue weighted by Gasteiger charge is 2.24. The molecule has 0 saturated heterocycles. The van der Waals surface area contributed by atoms with Crippen LogP contribution in [-0.4, -0.2) is 23.4 Å². The van der Waals surface area contributed by atoms with Crippen LogP contribution in [0, 0.1) is 0 Å². The number of fused-ring (bicyclic) bond motifs is 1. The van der Waals surface area contributed by atoms with E-state index < -0.39 is 6.04 Å². The van der Waals surface area contributed by atoms with E-state index in [9.17, 15) is 4.79 Å². The zero-order chi connectivity index (χ0) is 14.0. The van der Waals surface area contributed by atoms with Crippen LogP contribution in [0.5, 0.6) is 0 Å². The van der Waals surface area contributed by atoms with Gasteiger partial charge in [-0.15, -0.1) is 0 Å². The van der Waals surface area contributed by atoms with Crippen LogP contribution >= 0.6 is 0 Å². The van der Waals surface area contributed by atoms with E-state index in [1.165, 1.54) is 0 Å². The molecule has 2 rings (SSSR count). The predicted molar refractivity (Wildman–Crippen MR) is 75.7 cm³/mol. The summed E-state index contributed by atoms with van der Waals surface area (Å²) in [4.78, 5) is 13.8. The summed E-state index contributed by atoms with van der Waals surface area (Å²) in [6, 6.07) is 9.20. The van der Waals surface area contributed by atoms with Gasteiger partial charge in [-0.2, -0.15) is 0 Å². The number of carbonyl (C=O) groups excluding carboxylic acids is 1. The Kier molecular flexibility index (Phi) is 3.90. The molecule has 1 amide bonds. The normalized spacial score (nSPS) is 14.3. The lowest BCUT2D eigenvalue weighted by Gasteiger charge is -2.28. The van der Waals surface area contributed by atoms with Gasteiger partial charge in [0.1, 0.15) is 11.3 Å². The van der Waals surface area contributed by atoms with Crippen LogP contribution in [0.25, 0.3) is 11.0 Å². The van der Waals surface area contributed by atoms with Gasteiger partial charge in [-0.25, -0.2) is 0 Å². The molecule has 2 N–H and O–H groups in total. The maximum atomic E-state index is 12.1. The monoisotopic (exact) mass is 260 g/mol. The molecule has 0 saturated carbocycles. The molecule has 1 aromatic carbocycles. The molecule has 0 aliphatic heterocycles. The van der Waals surface area contributed by atoms with Crippen LogP contribution in [0.3, 0.4) is 0 Å². The van der Waals surface area contributed by atoms with Crippen molar-refractivity contribution < 1.29 is 9.21 Å². The third kappa shape index (κ3) is 2.63. The third-order valence-corrected chi connectivity index (χ3v) is 3.34. The Labute approximate surface area is 113 Å². The van der Waals surface area contributed by atoms with Crippen molar-refractivity contribution in [2.45, 2.75) is 32.9 Å². The summed E-state index contributed by atoms with van der Waals surface area (Å²) < 4.78 is 5.81. The van der Waals surface area contributed by atoms with E-state index in [4.69, 9.17) is 10.2 Å². The second kappa shape index (κ2) is 5.45. The number of hydrogen-bond acceptors (Lipinski definition) is 3. The fourth-order valence-electron chi connectivity index (χ4n) is 2.24. The Morgan fingerprint density at radius 2 is 2.05 bits per heavy atom. The molecule has 0 fully saturated rings. The summed E-state index contributed by atoms with van der Waals surface area (Å²) in [5, 5.41) is 1.05. The molecule has 4 heteroatoms. The molecule has 1 aromatic heterocycles. The molecule has 102 valence electrons. The lowest BCUT2D eigenvalue weighted by atomic mass is 10.1. The average molecular weight is 260 g/mol. The first-order chi connectivity index (χ1) is 9.04. The van der Waals surface area contributed by atoms with Gasteiger partial charge in [-0.1, -0.05) is 18.2 Å². The summed E-state index contributed by atoms with van der Waals surface area (Å²) in [7, 11) is 0. The number of para-hydroxylation sites is 1. The summed E-state index contributed by atoms with van der Waals surface area (Å²) in [6.45, 7) is 6.22. The van der Waals surface area contributed by atoms with E-state index in [1.54, 1.807) is 11.8 Å². The molecule has 19 heavy (non-hydrogen) atoms. The molecular weight excluding hydrogens is 240 g/mol. The molecule has 0 aliphatic carbocycles. The number of nitrogens with two attached hydrogens (primary N) is 1. The molecule has 2 atom stereocenters. The lowest BCUT2D eigenvalue weighted by Crippen LogP contribution is -2.43. The van der Waals surface area contributed by atoms with Gasteiger partial charge in [0, 0.05) is 11.9 Å².